The SMILES string of the molecule is Nc1ccsc1C(=O)Nc1ccc2c(c1)CCC2. The van der Waals surface area contributed by atoms with Gasteiger partial charge in [-0.1, -0.05) is 6.07 Å². The van der Waals surface area contributed by atoms with Crippen molar-refractivity contribution in [1.29, 1.82) is 0 Å². The lowest BCUT2D eigenvalue weighted by atomic mass is 10.1. The van der Waals surface area contributed by atoms with E-state index in [9.17, 15) is 4.79 Å². The summed E-state index contributed by atoms with van der Waals surface area (Å²) in [5.74, 6) is -0.125. The molecule has 18 heavy (non-hydrogen) atoms. The Bertz CT molecular complexity index is 604. The van der Waals surface area contributed by atoms with E-state index >= 15 is 0 Å². The number of benzene rings is 1. The van der Waals surface area contributed by atoms with Crippen molar-refractivity contribution in [3.63, 3.8) is 0 Å². The molecule has 1 aliphatic rings. The molecular formula is C14H14N2OS. The van der Waals surface area contributed by atoms with E-state index in [1.54, 1.807) is 6.07 Å². The first-order valence-corrected chi connectivity index (χ1v) is 6.88. The Labute approximate surface area is 110 Å². The van der Waals surface area contributed by atoms with Crippen LogP contribution in [0.15, 0.2) is 29.6 Å². The summed E-state index contributed by atoms with van der Waals surface area (Å²) < 4.78 is 0. The molecule has 0 unspecified atom stereocenters. The first kappa shape index (κ1) is 11.3. The Kier molecular flexibility index (Phi) is 2.80. The Morgan fingerprint density at radius 2 is 2.06 bits per heavy atom. The highest BCUT2D eigenvalue weighted by molar-refractivity contribution is 7.12. The standard InChI is InChI=1S/C14H14N2OS/c15-12-6-7-18-13(12)14(17)16-11-5-4-9-2-1-3-10(9)8-11/h4-8H,1-3,15H2,(H,16,17). The van der Waals surface area contributed by atoms with Crippen molar-refractivity contribution in [2.75, 3.05) is 11.1 Å². The van der Waals surface area contributed by atoms with Crippen LogP contribution >= 0.6 is 11.3 Å². The van der Waals surface area contributed by atoms with Crippen LogP contribution < -0.4 is 11.1 Å². The number of carbonyl (C=O) groups is 1. The number of anilines is 2. The maximum Gasteiger partial charge on any atom is 0.267 e. The van der Waals surface area contributed by atoms with Crippen molar-refractivity contribution in [3.8, 4) is 0 Å². The van der Waals surface area contributed by atoms with Gasteiger partial charge >= 0.3 is 0 Å². The van der Waals surface area contributed by atoms with Crippen LogP contribution in [0, 0.1) is 0 Å². The quantitative estimate of drug-likeness (QED) is 0.869. The highest BCUT2D eigenvalue weighted by atomic mass is 32.1. The van der Waals surface area contributed by atoms with E-state index in [0.29, 0.717) is 10.6 Å². The van der Waals surface area contributed by atoms with Crippen LogP contribution in [0.1, 0.15) is 27.2 Å². The molecule has 2 aromatic rings. The van der Waals surface area contributed by atoms with Crippen LogP contribution in [-0.2, 0) is 12.8 Å². The number of rotatable bonds is 2. The molecule has 3 nitrogen and oxygen atoms in total. The van der Waals surface area contributed by atoms with Crippen molar-refractivity contribution in [2.24, 2.45) is 0 Å². The topological polar surface area (TPSA) is 55.1 Å². The Balaban J connectivity index is 1.81. The number of fused-ring (bicyclic) bond motifs is 1. The molecule has 1 amide bonds. The number of amides is 1. The maximum atomic E-state index is 12.0. The smallest absolute Gasteiger partial charge is 0.267 e. The summed E-state index contributed by atoms with van der Waals surface area (Å²) in [4.78, 5) is 12.6. The summed E-state index contributed by atoms with van der Waals surface area (Å²) in [6, 6.07) is 7.90. The Morgan fingerprint density at radius 1 is 1.22 bits per heavy atom. The minimum absolute atomic E-state index is 0.125. The number of hydrogen-bond donors (Lipinski definition) is 2. The first-order chi connectivity index (χ1) is 8.74. The van der Waals surface area contributed by atoms with E-state index in [0.717, 1.165) is 18.5 Å². The number of carbonyl (C=O) groups excluding carboxylic acids is 1. The molecular weight excluding hydrogens is 244 g/mol. The van der Waals surface area contributed by atoms with Crippen LogP contribution in [0.2, 0.25) is 0 Å². The Hall–Kier alpha value is -1.81. The van der Waals surface area contributed by atoms with E-state index in [-0.39, 0.29) is 5.91 Å². The van der Waals surface area contributed by atoms with Gasteiger partial charge in [-0.25, -0.2) is 0 Å². The van der Waals surface area contributed by atoms with E-state index < -0.39 is 0 Å². The molecule has 0 bridgehead atoms. The van der Waals surface area contributed by atoms with Gasteiger partial charge in [-0.2, -0.15) is 0 Å². The average Bonchev–Trinajstić information content (AvgIpc) is 2.96. The summed E-state index contributed by atoms with van der Waals surface area (Å²) in [7, 11) is 0. The predicted octanol–water partition coefficient (Wildman–Crippen LogP) is 3.07. The predicted molar refractivity (Wildman–Crippen MR) is 75.2 cm³/mol. The molecule has 0 atom stereocenters. The second-order valence-corrected chi connectivity index (χ2v) is 5.41. The summed E-state index contributed by atoms with van der Waals surface area (Å²) in [6.07, 6.45) is 3.48. The van der Waals surface area contributed by atoms with Gasteiger partial charge in [0.25, 0.3) is 5.91 Å². The largest absolute Gasteiger partial charge is 0.397 e. The second kappa shape index (κ2) is 4.46. The first-order valence-electron chi connectivity index (χ1n) is 6.00. The monoisotopic (exact) mass is 258 g/mol. The number of nitrogens with one attached hydrogen (secondary N) is 1. The fourth-order valence-electron chi connectivity index (χ4n) is 2.34. The third kappa shape index (κ3) is 1.99. The molecule has 1 heterocycles. The molecule has 0 saturated heterocycles. The van der Waals surface area contributed by atoms with Gasteiger partial charge in [0, 0.05) is 5.69 Å². The minimum atomic E-state index is -0.125. The zero-order valence-corrected chi connectivity index (χ0v) is 10.7. The number of aryl methyl sites for hydroxylation is 2. The molecule has 0 fully saturated rings. The lowest BCUT2D eigenvalue weighted by Gasteiger charge is -2.07. The van der Waals surface area contributed by atoms with Gasteiger partial charge in [-0.3, -0.25) is 4.79 Å². The van der Waals surface area contributed by atoms with Crippen LogP contribution in [0.3, 0.4) is 0 Å². The third-order valence-corrected chi connectivity index (χ3v) is 4.19. The molecule has 0 radical (unpaired) electrons. The fraction of sp³-hybridized carbons (Fsp3) is 0.214. The molecule has 92 valence electrons. The van der Waals surface area contributed by atoms with Gasteiger partial charge in [-0.15, -0.1) is 11.3 Å². The Morgan fingerprint density at radius 3 is 2.83 bits per heavy atom. The molecule has 1 aromatic heterocycles. The van der Waals surface area contributed by atoms with Crippen LogP contribution in [-0.4, -0.2) is 5.91 Å². The fourth-order valence-corrected chi connectivity index (χ4v) is 3.05. The second-order valence-electron chi connectivity index (χ2n) is 4.50. The summed E-state index contributed by atoms with van der Waals surface area (Å²) >= 11 is 1.37. The van der Waals surface area contributed by atoms with Crippen LogP contribution in [0.5, 0.6) is 0 Å². The van der Waals surface area contributed by atoms with E-state index in [1.165, 1.54) is 28.9 Å². The molecule has 0 saturated carbocycles. The molecule has 4 heteroatoms. The average molecular weight is 258 g/mol. The number of hydrogen-bond acceptors (Lipinski definition) is 3. The van der Waals surface area contributed by atoms with Gasteiger partial charge in [0.1, 0.15) is 4.88 Å². The lowest BCUT2D eigenvalue weighted by molar-refractivity contribution is 0.103. The van der Waals surface area contributed by atoms with E-state index in [4.69, 9.17) is 5.73 Å². The minimum Gasteiger partial charge on any atom is -0.397 e. The van der Waals surface area contributed by atoms with E-state index in [1.807, 2.05) is 11.4 Å². The molecule has 3 rings (SSSR count). The van der Waals surface area contributed by atoms with Gasteiger partial charge in [0.2, 0.25) is 0 Å². The molecule has 1 aromatic carbocycles. The van der Waals surface area contributed by atoms with Gasteiger partial charge in [0.15, 0.2) is 0 Å². The number of thiophene rings is 1. The van der Waals surface area contributed by atoms with Gasteiger partial charge in [0.05, 0.1) is 5.69 Å². The summed E-state index contributed by atoms with van der Waals surface area (Å²) in [6.45, 7) is 0. The van der Waals surface area contributed by atoms with E-state index in [2.05, 4.69) is 17.4 Å². The van der Waals surface area contributed by atoms with Gasteiger partial charge in [-0.05, 0) is 54.0 Å². The number of nitrogens with two attached hydrogens (primary N) is 1. The summed E-state index contributed by atoms with van der Waals surface area (Å²) in [5.41, 5.74) is 9.89. The van der Waals surface area contributed by atoms with Crippen molar-refractivity contribution in [1.82, 2.24) is 0 Å². The lowest BCUT2D eigenvalue weighted by Crippen LogP contribution is -2.12. The van der Waals surface area contributed by atoms with Crippen LogP contribution in [0.25, 0.3) is 0 Å². The zero-order valence-electron chi connectivity index (χ0n) is 9.90. The number of nitrogen functional groups attached to an aromatic ring is 1. The van der Waals surface area contributed by atoms with Gasteiger partial charge < -0.3 is 11.1 Å². The van der Waals surface area contributed by atoms with Crippen molar-refractivity contribution < 1.29 is 4.79 Å². The summed E-state index contributed by atoms with van der Waals surface area (Å²) in [5, 5.41) is 4.73. The maximum absolute atomic E-state index is 12.0. The molecule has 3 N–H and O–H groups in total. The highest BCUT2D eigenvalue weighted by Crippen LogP contribution is 2.26. The van der Waals surface area contributed by atoms with Crippen molar-refractivity contribution >= 4 is 28.6 Å². The molecule has 0 spiro atoms. The highest BCUT2D eigenvalue weighted by Gasteiger charge is 2.14. The third-order valence-electron chi connectivity index (χ3n) is 3.26. The van der Waals surface area contributed by atoms with Crippen molar-refractivity contribution in [2.45, 2.75) is 19.3 Å². The van der Waals surface area contributed by atoms with Crippen LogP contribution in [0.4, 0.5) is 11.4 Å². The molecule has 1 aliphatic carbocycles. The molecule has 0 aliphatic heterocycles. The zero-order chi connectivity index (χ0) is 12.5. The van der Waals surface area contributed by atoms with Crippen molar-refractivity contribution in [3.05, 3.63) is 45.6 Å². The normalized spacial score (nSPS) is 13.3.